The molecule has 0 saturated heterocycles. The number of nitrogens with one attached hydrogen (secondary N) is 1. The van der Waals surface area contributed by atoms with Crippen molar-refractivity contribution < 1.29 is 0 Å². The van der Waals surface area contributed by atoms with Crippen LogP contribution in [0.25, 0.3) is 0 Å². The van der Waals surface area contributed by atoms with Gasteiger partial charge in [0, 0.05) is 6.67 Å². The van der Waals surface area contributed by atoms with Gasteiger partial charge in [-0.1, -0.05) is 13.3 Å². The fourth-order valence-electron chi connectivity index (χ4n) is 1.11. The number of hydrogen-bond acceptors (Lipinski definition) is 3. The summed E-state index contributed by atoms with van der Waals surface area (Å²) < 4.78 is 0. The van der Waals surface area contributed by atoms with Gasteiger partial charge in [-0.2, -0.15) is 0 Å². The maximum absolute atomic E-state index is 5.55. The van der Waals surface area contributed by atoms with E-state index in [-0.39, 0.29) is 0 Å². The molecule has 0 rings (SSSR count). The lowest BCUT2D eigenvalue weighted by molar-refractivity contribution is 0.455. The van der Waals surface area contributed by atoms with Gasteiger partial charge in [0.15, 0.2) is 0 Å². The molecule has 0 bridgehead atoms. The normalized spacial score (nSPS) is 13.4. The second kappa shape index (κ2) is 7.98. The predicted octanol–water partition coefficient (Wildman–Crippen LogP) is 0.257. The Morgan fingerprint density at radius 3 is 2.55 bits per heavy atom. The number of nitrogens with two attached hydrogens (primary N) is 2. The summed E-state index contributed by atoms with van der Waals surface area (Å²) in [5.41, 5.74) is 10.8. The lowest BCUT2D eigenvalue weighted by Gasteiger charge is -2.11. The van der Waals surface area contributed by atoms with Crippen LogP contribution in [0, 0.1) is 5.92 Å². The molecule has 0 aliphatic rings. The molecule has 5 N–H and O–H groups in total. The molecule has 1 atom stereocenters. The summed E-state index contributed by atoms with van der Waals surface area (Å²) in [5, 5.41) is 3.09. The minimum atomic E-state index is 0.583. The second-order valence-corrected chi connectivity index (χ2v) is 2.86. The quantitative estimate of drug-likeness (QED) is 0.369. The standard InChI is InChI=1S/C8H21N3/c1-2-8(6-9)4-3-5-11-7-10/h8,11H,2-7,9-10H2,1H3. The Morgan fingerprint density at radius 1 is 1.36 bits per heavy atom. The molecule has 0 radical (unpaired) electrons. The van der Waals surface area contributed by atoms with Crippen molar-refractivity contribution in [1.82, 2.24) is 5.32 Å². The molecule has 3 heteroatoms. The van der Waals surface area contributed by atoms with Crippen LogP contribution in [0.3, 0.4) is 0 Å². The third-order valence-corrected chi connectivity index (χ3v) is 2.02. The average molecular weight is 159 g/mol. The third-order valence-electron chi connectivity index (χ3n) is 2.02. The van der Waals surface area contributed by atoms with E-state index in [1.807, 2.05) is 0 Å². The smallest absolute Gasteiger partial charge is 0.0428 e. The largest absolute Gasteiger partial charge is 0.330 e. The molecule has 0 amide bonds. The molecule has 0 aromatic rings. The number of hydrogen-bond donors (Lipinski definition) is 3. The first-order valence-corrected chi connectivity index (χ1v) is 4.46. The Labute approximate surface area is 69.5 Å². The Hall–Kier alpha value is -0.120. The molecule has 11 heavy (non-hydrogen) atoms. The lowest BCUT2D eigenvalue weighted by Crippen LogP contribution is -2.24. The minimum absolute atomic E-state index is 0.583. The summed E-state index contributed by atoms with van der Waals surface area (Å²) in [7, 11) is 0. The fourth-order valence-corrected chi connectivity index (χ4v) is 1.11. The highest BCUT2D eigenvalue weighted by molar-refractivity contribution is 4.58. The zero-order valence-corrected chi connectivity index (χ0v) is 7.47. The molecule has 0 fully saturated rings. The Balaban J connectivity index is 3.07. The van der Waals surface area contributed by atoms with Gasteiger partial charge in [-0.15, -0.1) is 0 Å². The second-order valence-electron chi connectivity index (χ2n) is 2.86. The van der Waals surface area contributed by atoms with E-state index in [0.29, 0.717) is 12.6 Å². The maximum atomic E-state index is 5.55. The van der Waals surface area contributed by atoms with E-state index in [1.54, 1.807) is 0 Å². The Kier molecular flexibility index (Phi) is 7.89. The monoisotopic (exact) mass is 159 g/mol. The summed E-state index contributed by atoms with van der Waals surface area (Å²) in [6.45, 7) is 4.61. The molecule has 68 valence electrons. The van der Waals surface area contributed by atoms with Gasteiger partial charge in [0.25, 0.3) is 0 Å². The highest BCUT2D eigenvalue weighted by Crippen LogP contribution is 2.07. The maximum Gasteiger partial charge on any atom is 0.0428 e. The van der Waals surface area contributed by atoms with E-state index in [0.717, 1.165) is 13.1 Å². The van der Waals surface area contributed by atoms with Crippen molar-refractivity contribution in [2.75, 3.05) is 19.8 Å². The van der Waals surface area contributed by atoms with Crippen molar-refractivity contribution in [2.45, 2.75) is 26.2 Å². The predicted molar refractivity (Wildman–Crippen MR) is 49.1 cm³/mol. The van der Waals surface area contributed by atoms with Crippen LogP contribution in [0.5, 0.6) is 0 Å². The van der Waals surface area contributed by atoms with Crippen LogP contribution in [0.4, 0.5) is 0 Å². The molecule has 0 spiro atoms. The molecule has 0 aromatic heterocycles. The van der Waals surface area contributed by atoms with Gasteiger partial charge in [0.05, 0.1) is 0 Å². The van der Waals surface area contributed by atoms with E-state index in [9.17, 15) is 0 Å². The zero-order valence-electron chi connectivity index (χ0n) is 7.47. The first kappa shape index (κ1) is 10.9. The van der Waals surface area contributed by atoms with E-state index in [4.69, 9.17) is 11.5 Å². The Bertz CT molecular complexity index is 71.7. The van der Waals surface area contributed by atoms with Gasteiger partial charge in [0.2, 0.25) is 0 Å². The highest BCUT2D eigenvalue weighted by Gasteiger charge is 2.01. The molecular formula is C8H21N3. The van der Waals surface area contributed by atoms with Gasteiger partial charge in [-0.25, -0.2) is 0 Å². The fraction of sp³-hybridized carbons (Fsp3) is 1.00. The minimum Gasteiger partial charge on any atom is -0.330 e. The summed E-state index contributed by atoms with van der Waals surface area (Å²) >= 11 is 0. The molecule has 0 saturated carbocycles. The molecule has 1 unspecified atom stereocenters. The molecule has 0 heterocycles. The SMILES string of the molecule is CCC(CN)CCCNCN. The first-order chi connectivity index (χ1) is 5.35. The van der Waals surface area contributed by atoms with Crippen LogP contribution in [-0.2, 0) is 0 Å². The van der Waals surface area contributed by atoms with E-state index < -0.39 is 0 Å². The van der Waals surface area contributed by atoms with Crippen molar-refractivity contribution in [3.05, 3.63) is 0 Å². The van der Waals surface area contributed by atoms with Crippen LogP contribution in [-0.4, -0.2) is 19.8 Å². The highest BCUT2D eigenvalue weighted by atomic mass is 14.9. The van der Waals surface area contributed by atoms with Crippen LogP contribution >= 0.6 is 0 Å². The van der Waals surface area contributed by atoms with Crippen molar-refractivity contribution >= 4 is 0 Å². The van der Waals surface area contributed by atoms with Gasteiger partial charge in [-0.05, 0) is 31.8 Å². The summed E-state index contributed by atoms with van der Waals surface area (Å²) in [6.07, 6.45) is 3.60. The van der Waals surface area contributed by atoms with Crippen LogP contribution < -0.4 is 16.8 Å². The van der Waals surface area contributed by atoms with Crippen molar-refractivity contribution in [3.63, 3.8) is 0 Å². The average Bonchev–Trinajstić information content (AvgIpc) is 2.05. The van der Waals surface area contributed by atoms with Gasteiger partial charge in [0.1, 0.15) is 0 Å². The molecule has 0 aliphatic carbocycles. The number of rotatable bonds is 7. The Morgan fingerprint density at radius 2 is 2.09 bits per heavy atom. The summed E-state index contributed by atoms with van der Waals surface area (Å²) in [5.74, 6) is 0.703. The first-order valence-electron chi connectivity index (χ1n) is 4.46. The molecular weight excluding hydrogens is 138 g/mol. The van der Waals surface area contributed by atoms with Gasteiger partial charge in [-0.3, -0.25) is 0 Å². The topological polar surface area (TPSA) is 64.1 Å². The summed E-state index contributed by atoms with van der Waals surface area (Å²) in [4.78, 5) is 0. The van der Waals surface area contributed by atoms with Gasteiger partial charge >= 0.3 is 0 Å². The third kappa shape index (κ3) is 6.28. The van der Waals surface area contributed by atoms with Crippen LogP contribution in [0.15, 0.2) is 0 Å². The van der Waals surface area contributed by atoms with E-state index in [2.05, 4.69) is 12.2 Å². The van der Waals surface area contributed by atoms with E-state index in [1.165, 1.54) is 19.3 Å². The van der Waals surface area contributed by atoms with Crippen molar-refractivity contribution in [2.24, 2.45) is 17.4 Å². The zero-order chi connectivity index (χ0) is 8.53. The summed E-state index contributed by atoms with van der Waals surface area (Å²) in [6, 6.07) is 0. The lowest BCUT2D eigenvalue weighted by atomic mass is 10.0. The van der Waals surface area contributed by atoms with Crippen LogP contribution in [0.1, 0.15) is 26.2 Å². The molecule has 0 aromatic carbocycles. The van der Waals surface area contributed by atoms with E-state index >= 15 is 0 Å². The molecule has 3 nitrogen and oxygen atoms in total. The molecule has 0 aliphatic heterocycles. The van der Waals surface area contributed by atoms with Gasteiger partial charge < -0.3 is 16.8 Å². The van der Waals surface area contributed by atoms with Crippen molar-refractivity contribution in [1.29, 1.82) is 0 Å². The van der Waals surface area contributed by atoms with Crippen LogP contribution in [0.2, 0.25) is 0 Å². The van der Waals surface area contributed by atoms with Crippen molar-refractivity contribution in [3.8, 4) is 0 Å².